The molecule has 1 aliphatic rings. The highest BCUT2D eigenvalue weighted by atomic mass is 32.2. The zero-order valence-corrected chi connectivity index (χ0v) is 18.4. The molecule has 3 rings (SSSR count). The number of hydrogen-bond acceptors (Lipinski definition) is 7. The fourth-order valence-corrected chi connectivity index (χ4v) is 4.28. The lowest BCUT2D eigenvalue weighted by Gasteiger charge is -2.13. The van der Waals surface area contributed by atoms with Crippen molar-refractivity contribution in [2.75, 3.05) is 32.1 Å². The van der Waals surface area contributed by atoms with Gasteiger partial charge in [0, 0.05) is 26.4 Å². The number of unbranched alkanes of at least 4 members (excludes halogenated alkanes) is 1. The van der Waals surface area contributed by atoms with Crippen LogP contribution in [0.4, 0.5) is 5.82 Å². The lowest BCUT2D eigenvalue weighted by molar-refractivity contribution is -0.122. The molecule has 1 aliphatic heterocycles. The molecule has 1 saturated heterocycles. The van der Waals surface area contributed by atoms with Crippen LogP contribution in [0.25, 0.3) is 11.7 Å². The van der Waals surface area contributed by atoms with Crippen LogP contribution in [0.1, 0.15) is 30.9 Å². The van der Waals surface area contributed by atoms with E-state index in [4.69, 9.17) is 17.0 Å². The molecular weight excluding hydrogens is 408 g/mol. The SMILES string of the molecule is CCCCN1C(=O)/C(=C\c2c(NCCOC)nc3c(C)cccn3c2=O)SC1=S. The number of hydrogen-bond donors (Lipinski definition) is 1. The smallest absolute Gasteiger partial charge is 0.267 e. The van der Waals surface area contributed by atoms with E-state index < -0.39 is 0 Å². The van der Waals surface area contributed by atoms with Gasteiger partial charge in [-0.1, -0.05) is 43.4 Å². The van der Waals surface area contributed by atoms with E-state index in [1.807, 2.05) is 13.0 Å². The molecule has 154 valence electrons. The number of rotatable bonds is 8. The predicted octanol–water partition coefficient (Wildman–Crippen LogP) is 3.06. The number of nitrogens with zero attached hydrogens (tertiary/aromatic N) is 3. The summed E-state index contributed by atoms with van der Waals surface area (Å²) < 4.78 is 7.11. The Morgan fingerprint density at radius 2 is 2.17 bits per heavy atom. The average molecular weight is 433 g/mol. The van der Waals surface area contributed by atoms with Crippen LogP contribution in [-0.2, 0) is 9.53 Å². The summed E-state index contributed by atoms with van der Waals surface area (Å²) in [5.74, 6) is 0.269. The number of carbonyl (C=O) groups excluding carboxylic acids is 1. The van der Waals surface area contributed by atoms with Gasteiger partial charge in [0.05, 0.1) is 17.1 Å². The first-order valence-electron chi connectivity index (χ1n) is 9.48. The van der Waals surface area contributed by atoms with Crippen molar-refractivity contribution in [2.24, 2.45) is 0 Å². The predicted molar refractivity (Wildman–Crippen MR) is 121 cm³/mol. The molecule has 9 heteroatoms. The molecule has 0 atom stereocenters. The van der Waals surface area contributed by atoms with E-state index in [1.165, 1.54) is 16.2 Å². The molecule has 3 heterocycles. The van der Waals surface area contributed by atoms with Crippen molar-refractivity contribution in [3.63, 3.8) is 0 Å². The van der Waals surface area contributed by atoms with E-state index in [2.05, 4.69) is 17.2 Å². The van der Waals surface area contributed by atoms with Crippen molar-refractivity contribution in [1.82, 2.24) is 14.3 Å². The molecular formula is C20H24N4O3S2. The number of thiocarbonyl (C=S) groups is 1. The van der Waals surface area contributed by atoms with Gasteiger partial charge in [-0.2, -0.15) is 0 Å². The molecule has 1 fully saturated rings. The number of aromatic nitrogens is 2. The highest BCUT2D eigenvalue weighted by Crippen LogP contribution is 2.33. The zero-order chi connectivity index (χ0) is 21.0. The van der Waals surface area contributed by atoms with E-state index in [9.17, 15) is 9.59 Å². The van der Waals surface area contributed by atoms with Crippen LogP contribution >= 0.6 is 24.0 Å². The van der Waals surface area contributed by atoms with Gasteiger partial charge in [-0.05, 0) is 31.1 Å². The maximum absolute atomic E-state index is 13.2. The second kappa shape index (κ2) is 9.51. The second-order valence-corrected chi connectivity index (χ2v) is 8.35. The lowest BCUT2D eigenvalue weighted by atomic mass is 10.2. The summed E-state index contributed by atoms with van der Waals surface area (Å²) in [4.78, 5) is 32.7. The first kappa shape index (κ1) is 21.5. The first-order chi connectivity index (χ1) is 14.0. The third-order valence-corrected chi connectivity index (χ3v) is 5.94. The highest BCUT2D eigenvalue weighted by molar-refractivity contribution is 8.26. The first-order valence-corrected chi connectivity index (χ1v) is 10.7. The largest absolute Gasteiger partial charge is 0.383 e. The quantitative estimate of drug-likeness (QED) is 0.390. The third-order valence-electron chi connectivity index (χ3n) is 4.57. The van der Waals surface area contributed by atoms with Gasteiger partial charge in [0.15, 0.2) is 0 Å². The van der Waals surface area contributed by atoms with Crippen LogP contribution in [-0.4, -0.2) is 51.3 Å². The summed E-state index contributed by atoms with van der Waals surface area (Å²) in [5.41, 5.74) is 1.56. The molecule has 0 aliphatic carbocycles. The average Bonchev–Trinajstić information content (AvgIpc) is 2.97. The van der Waals surface area contributed by atoms with Crippen molar-refractivity contribution in [1.29, 1.82) is 0 Å². The fourth-order valence-electron chi connectivity index (χ4n) is 2.99. The molecule has 0 radical (unpaired) electrons. The molecule has 0 unspecified atom stereocenters. The van der Waals surface area contributed by atoms with Gasteiger partial charge in [0.1, 0.15) is 15.8 Å². The van der Waals surface area contributed by atoms with Gasteiger partial charge in [0.25, 0.3) is 11.5 Å². The maximum atomic E-state index is 13.2. The van der Waals surface area contributed by atoms with Gasteiger partial charge in [-0.3, -0.25) is 18.9 Å². The number of nitrogens with one attached hydrogen (secondary N) is 1. The molecule has 1 N–H and O–H groups in total. The molecule has 1 amide bonds. The molecule has 2 aromatic heterocycles. The molecule has 2 aromatic rings. The Kier molecular flexibility index (Phi) is 7.05. The molecule has 0 aromatic carbocycles. The minimum Gasteiger partial charge on any atom is -0.383 e. The van der Waals surface area contributed by atoms with Crippen LogP contribution in [0.3, 0.4) is 0 Å². The zero-order valence-electron chi connectivity index (χ0n) is 16.7. The summed E-state index contributed by atoms with van der Waals surface area (Å²) in [5, 5.41) is 3.16. The van der Waals surface area contributed by atoms with Crippen LogP contribution in [0, 0.1) is 6.92 Å². The minimum absolute atomic E-state index is 0.162. The fraction of sp³-hybridized carbons (Fsp3) is 0.400. The molecule has 29 heavy (non-hydrogen) atoms. The van der Waals surface area contributed by atoms with Crippen molar-refractivity contribution < 1.29 is 9.53 Å². The summed E-state index contributed by atoms with van der Waals surface area (Å²) in [7, 11) is 1.61. The minimum atomic E-state index is -0.238. The molecule has 0 spiro atoms. The van der Waals surface area contributed by atoms with E-state index in [-0.39, 0.29) is 11.5 Å². The number of anilines is 1. The Balaban J connectivity index is 2.07. The van der Waals surface area contributed by atoms with Gasteiger partial charge < -0.3 is 10.1 Å². The number of aryl methyl sites for hydroxylation is 1. The normalized spacial score (nSPS) is 15.7. The molecule has 0 bridgehead atoms. The van der Waals surface area contributed by atoms with E-state index in [0.717, 1.165) is 18.4 Å². The standard InChI is InChI=1S/C20H24N4O3S2/c1-4-5-9-24-19(26)15(29-20(24)28)12-14-16(21-8-11-27-3)22-17-13(2)7-6-10-23(17)18(14)25/h6-7,10,12,21H,4-5,8-9,11H2,1-3H3/b15-12+. The Hall–Kier alpha value is -2.23. The topological polar surface area (TPSA) is 75.9 Å². The Morgan fingerprint density at radius 1 is 1.38 bits per heavy atom. The Morgan fingerprint density at radius 3 is 2.90 bits per heavy atom. The van der Waals surface area contributed by atoms with Gasteiger partial charge in [-0.25, -0.2) is 4.98 Å². The van der Waals surface area contributed by atoms with Gasteiger partial charge >= 0.3 is 0 Å². The number of methoxy groups -OCH3 is 1. The van der Waals surface area contributed by atoms with Crippen molar-refractivity contribution in [3.05, 3.63) is 44.7 Å². The van der Waals surface area contributed by atoms with E-state index >= 15 is 0 Å². The summed E-state index contributed by atoms with van der Waals surface area (Å²) in [6, 6.07) is 3.71. The molecule has 7 nitrogen and oxygen atoms in total. The monoisotopic (exact) mass is 432 g/mol. The summed E-state index contributed by atoms with van der Waals surface area (Å²) in [6.45, 7) is 5.51. The van der Waals surface area contributed by atoms with Crippen LogP contribution in [0.15, 0.2) is 28.0 Å². The second-order valence-electron chi connectivity index (χ2n) is 6.67. The Bertz CT molecular complexity index is 1030. The van der Waals surface area contributed by atoms with E-state index in [0.29, 0.717) is 46.0 Å². The van der Waals surface area contributed by atoms with Gasteiger partial charge in [-0.15, -0.1) is 0 Å². The molecule has 0 saturated carbocycles. The highest BCUT2D eigenvalue weighted by Gasteiger charge is 2.32. The third kappa shape index (κ3) is 4.52. The van der Waals surface area contributed by atoms with Crippen molar-refractivity contribution >= 4 is 51.7 Å². The van der Waals surface area contributed by atoms with Crippen LogP contribution in [0.5, 0.6) is 0 Å². The maximum Gasteiger partial charge on any atom is 0.267 e. The number of amides is 1. The van der Waals surface area contributed by atoms with E-state index in [1.54, 1.807) is 30.3 Å². The van der Waals surface area contributed by atoms with Crippen molar-refractivity contribution in [3.8, 4) is 0 Å². The Labute approximate surface area is 179 Å². The van der Waals surface area contributed by atoms with Crippen molar-refractivity contribution in [2.45, 2.75) is 26.7 Å². The lowest BCUT2D eigenvalue weighted by Crippen LogP contribution is -2.29. The number of ether oxygens (including phenoxy) is 1. The summed E-state index contributed by atoms with van der Waals surface area (Å²) in [6.07, 6.45) is 5.13. The summed E-state index contributed by atoms with van der Waals surface area (Å²) >= 11 is 6.59. The van der Waals surface area contributed by atoms with Crippen LogP contribution in [0.2, 0.25) is 0 Å². The van der Waals surface area contributed by atoms with Crippen LogP contribution < -0.4 is 10.9 Å². The van der Waals surface area contributed by atoms with Gasteiger partial charge in [0.2, 0.25) is 0 Å². The number of fused-ring (bicyclic) bond motifs is 1. The number of pyridine rings is 1. The number of thioether (sulfide) groups is 1. The number of carbonyl (C=O) groups is 1.